The molecule has 0 bridgehead atoms. The summed E-state index contributed by atoms with van der Waals surface area (Å²) in [7, 11) is 0. The third kappa shape index (κ3) is 3.06. The van der Waals surface area contributed by atoms with Crippen LogP contribution in [-0.2, 0) is 15.1 Å². The maximum absolute atomic E-state index is 13.1. The average molecular weight is 411 g/mol. The Morgan fingerprint density at radius 3 is 2.53 bits per heavy atom. The number of hydrogen-bond acceptors (Lipinski definition) is 4. The van der Waals surface area contributed by atoms with Crippen molar-refractivity contribution in [3.8, 4) is 0 Å². The molecule has 3 atom stereocenters. The van der Waals surface area contributed by atoms with E-state index in [-0.39, 0.29) is 35.3 Å². The Morgan fingerprint density at radius 1 is 1.23 bits per heavy atom. The summed E-state index contributed by atoms with van der Waals surface area (Å²) in [5.41, 5.74) is 1.39. The second-order valence-electron chi connectivity index (χ2n) is 10.2. The van der Waals surface area contributed by atoms with Crippen molar-refractivity contribution in [3.63, 3.8) is 0 Å². The first-order valence-corrected chi connectivity index (χ1v) is 10.9. The van der Waals surface area contributed by atoms with Crippen molar-refractivity contribution in [2.75, 3.05) is 13.1 Å². The van der Waals surface area contributed by atoms with Gasteiger partial charge in [0, 0.05) is 25.2 Å². The minimum Gasteiger partial charge on any atom is -0.444 e. The first kappa shape index (κ1) is 19.4. The molecule has 2 amide bonds. The first-order valence-electron chi connectivity index (χ1n) is 10.9. The lowest BCUT2D eigenvalue weighted by Crippen LogP contribution is -2.53. The SMILES string of the molecule is Cc1cccn2c(C3(NC(=O)C4[C@H]5CN(C(=O)OC(C)(C)C)C[C@@H]45)CCC3)ncc12. The van der Waals surface area contributed by atoms with Crippen LogP contribution in [0.25, 0.3) is 5.52 Å². The number of pyridine rings is 1. The highest BCUT2D eigenvalue weighted by Crippen LogP contribution is 2.53. The zero-order valence-corrected chi connectivity index (χ0v) is 18.1. The third-order valence-electron chi connectivity index (χ3n) is 6.93. The summed E-state index contributed by atoms with van der Waals surface area (Å²) >= 11 is 0. The van der Waals surface area contributed by atoms with Crippen molar-refractivity contribution in [3.05, 3.63) is 35.9 Å². The number of likely N-dealkylation sites (tertiary alicyclic amines) is 1. The summed E-state index contributed by atoms with van der Waals surface area (Å²) in [6.07, 6.45) is 6.58. The van der Waals surface area contributed by atoms with E-state index in [1.165, 1.54) is 5.56 Å². The first-order chi connectivity index (χ1) is 14.2. The Morgan fingerprint density at radius 2 is 1.93 bits per heavy atom. The van der Waals surface area contributed by atoms with E-state index in [9.17, 15) is 9.59 Å². The van der Waals surface area contributed by atoms with Gasteiger partial charge in [-0.15, -0.1) is 0 Å². The molecule has 1 saturated heterocycles. The Hall–Kier alpha value is -2.57. The van der Waals surface area contributed by atoms with E-state index < -0.39 is 5.60 Å². The van der Waals surface area contributed by atoms with Crippen molar-refractivity contribution in [2.24, 2.45) is 17.8 Å². The van der Waals surface area contributed by atoms with Crippen molar-refractivity contribution in [2.45, 2.75) is 58.1 Å². The minimum absolute atomic E-state index is 0.00544. The van der Waals surface area contributed by atoms with E-state index in [0.717, 1.165) is 30.6 Å². The number of rotatable bonds is 3. The maximum atomic E-state index is 13.1. The number of hydrogen-bond donors (Lipinski definition) is 1. The van der Waals surface area contributed by atoms with Crippen LogP contribution in [0.1, 0.15) is 51.4 Å². The molecule has 1 unspecified atom stereocenters. The summed E-state index contributed by atoms with van der Waals surface area (Å²) in [6, 6.07) is 4.10. The quantitative estimate of drug-likeness (QED) is 0.843. The van der Waals surface area contributed by atoms with Gasteiger partial charge in [0.15, 0.2) is 0 Å². The van der Waals surface area contributed by atoms with Gasteiger partial charge in [-0.25, -0.2) is 9.78 Å². The van der Waals surface area contributed by atoms with Gasteiger partial charge in [-0.1, -0.05) is 6.07 Å². The molecule has 7 nitrogen and oxygen atoms in total. The highest BCUT2D eigenvalue weighted by Gasteiger charge is 2.61. The molecule has 2 aliphatic carbocycles. The zero-order valence-electron chi connectivity index (χ0n) is 18.1. The molecule has 7 heteroatoms. The molecule has 3 fully saturated rings. The number of fused-ring (bicyclic) bond motifs is 2. The van der Waals surface area contributed by atoms with Crippen LogP contribution in [0.15, 0.2) is 24.5 Å². The lowest BCUT2D eigenvalue weighted by molar-refractivity contribution is -0.126. The van der Waals surface area contributed by atoms with Crippen LogP contribution in [0.5, 0.6) is 0 Å². The number of nitrogens with zero attached hydrogens (tertiary/aromatic N) is 3. The average Bonchev–Trinajstić information content (AvgIpc) is 2.98. The predicted molar refractivity (Wildman–Crippen MR) is 112 cm³/mol. The van der Waals surface area contributed by atoms with Crippen molar-refractivity contribution in [1.29, 1.82) is 0 Å². The van der Waals surface area contributed by atoms with Gasteiger partial charge in [0.1, 0.15) is 11.4 Å². The van der Waals surface area contributed by atoms with Gasteiger partial charge in [-0.05, 0) is 70.4 Å². The lowest BCUT2D eigenvalue weighted by atomic mass is 9.75. The van der Waals surface area contributed by atoms with Crippen LogP contribution >= 0.6 is 0 Å². The minimum atomic E-state index is -0.497. The van der Waals surface area contributed by atoms with E-state index in [2.05, 4.69) is 22.7 Å². The van der Waals surface area contributed by atoms with Crippen LogP contribution in [0.4, 0.5) is 4.79 Å². The topological polar surface area (TPSA) is 75.9 Å². The fourth-order valence-electron chi connectivity index (χ4n) is 5.16. The standard InChI is InChI=1S/C23H30N4O3/c1-14-7-5-10-27-17(14)11-24-20(27)23(8-6-9-23)25-19(28)18-15-12-26(13-16(15)18)21(29)30-22(2,3)4/h5,7,10-11,15-16,18H,6,8-9,12-13H2,1-4H3,(H,25,28)/t15-,16+,18?. The van der Waals surface area contributed by atoms with Crippen molar-refractivity contribution < 1.29 is 14.3 Å². The van der Waals surface area contributed by atoms with Gasteiger partial charge in [0.2, 0.25) is 5.91 Å². The summed E-state index contributed by atoms with van der Waals surface area (Å²) in [4.78, 5) is 31.9. The number of carbonyl (C=O) groups is 2. The molecule has 0 radical (unpaired) electrons. The molecular formula is C23H30N4O3. The Balaban J connectivity index is 1.26. The molecule has 3 aliphatic rings. The number of aromatic nitrogens is 2. The van der Waals surface area contributed by atoms with Crippen molar-refractivity contribution >= 4 is 17.5 Å². The van der Waals surface area contributed by atoms with Crippen LogP contribution in [0.2, 0.25) is 0 Å². The monoisotopic (exact) mass is 410 g/mol. The fraction of sp³-hybridized carbons (Fsp3) is 0.609. The molecule has 5 rings (SSSR count). The largest absolute Gasteiger partial charge is 0.444 e. The second kappa shape index (κ2) is 6.46. The summed E-state index contributed by atoms with van der Waals surface area (Å²) in [6.45, 7) is 8.91. The predicted octanol–water partition coefficient (Wildman–Crippen LogP) is 3.25. The van der Waals surface area contributed by atoms with Gasteiger partial charge in [0.05, 0.1) is 17.3 Å². The molecule has 3 heterocycles. The van der Waals surface area contributed by atoms with E-state index >= 15 is 0 Å². The highest BCUT2D eigenvalue weighted by atomic mass is 16.6. The molecule has 1 N–H and O–H groups in total. The van der Waals surface area contributed by atoms with E-state index in [4.69, 9.17) is 9.72 Å². The Labute approximate surface area is 176 Å². The molecule has 30 heavy (non-hydrogen) atoms. The van der Waals surface area contributed by atoms with E-state index in [1.807, 2.05) is 39.2 Å². The normalized spacial score (nSPS) is 26.8. The van der Waals surface area contributed by atoms with E-state index in [0.29, 0.717) is 13.1 Å². The number of nitrogens with one attached hydrogen (secondary N) is 1. The molecule has 160 valence electrons. The molecule has 2 aromatic rings. The second-order valence-corrected chi connectivity index (χ2v) is 10.2. The molecular weight excluding hydrogens is 380 g/mol. The van der Waals surface area contributed by atoms with Gasteiger partial charge < -0.3 is 19.4 Å². The lowest BCUT2D eigenvalue weighted by Gasteiger charge is -2.41. The van der Waals surface area contributed by atoms with Gasteiger partial charge in [0.25, 0.3) is 0 Å². The van der Waals surface area contributed by atoms with Gasteiger partial charge >= 0.3 is 6.09 Å². The zero-order chi connectivity index (χ0) is 21.3. The van der Waals surface area contributed by atoms with Crippen LogP contribution in [-0.4, -0.2) is 45.0 Å². The number of amides is 2. The van der Waals surface area contributed by atoms with E-state index in [1.54, 1.807) is 4.90 Å². The number of ether oxygens (including phenoxy) is 1. The number of piperidine rings is 1. The number of carbonyl (C=O) groups excluding carboxylic acids is 2. The molecule has 2 aromatic heterocycles. The van der Waals surface area contributed by atoms with Crippen LogP contribution < -0.4 is 5.32 Å². The van der Waals surface area contributed by atoms with Gasteiger partial charge in [-0.2, -0.15) is 0 Å². The maximum Gasteiger partial charge on any atom is 0.410 e. The fourth-order valence-corrected chi connectivity index (χ4v) is 5.16. The summed E-state index contributed by atoms with van der Waals surface area (Å²) in [5, 5.41) is 3.36. The number of imidazole rings is 1. The van der Waals surface area contributed by atoms with Crippen molar-refractivity contribution in [1.82, 2.24) is 19.6 Å². The molecule has 1 aliphatic heterocycles. The van der Waals surface area contributed by atoms with Crippen LogP contribution in [0.3, 0.4) is 0 Å². The summed E-state index contributed by atoms with van der Waals surface area (Å²) in [5.74, 6) is 1.52. The van der Waals surface area contributed by atoms with Crippen LogP contribution in [0, 0.1) is 24.7 Å². The van der Waals surface area contributed by atoms with Gasteiger partial charge in [-0.3, -0.25) is 4.79 Å². The molecule has 0 aromatic carbocycles. The molecule has 2 saturated carbocycles. The Bertz CT molecular complexity index is 1010. The molecule has 0 spiro atoms. The summed E-state index contributed by atoms with van der Waals surface area (Å²) < 4.78 is 7.59. The smallest absolute Gasteiger partial charge is 0.410 e. The Kier molecular flexibility index (Phi) is 4.18. The third-order valence-corrected chi connectivity index (χ3v) is 6.93. The highest BCUT2D eigenvalue weighted by molar-refractivity contribution is 5.84. The number of aryl methyl sites for hydroxylation is 1.